The summed E-state index contributed by atoms with van der Waals surface area (Å²) in [7, 11) is 0. The van der Waals surface area contributed by atoms with Gasteiger partial charge in [-0.3, -0.25) is 9.59 Å². The van der Waals surface area contributed by atoms with Crippen molar-refractivity contribution in [1.82, 2.24) is 4.98 Å². The number of carbonyl (C=O) groups excluding carboxylic acids is 2. The van der Waals surface area contributed by atoms with Crippen molar-refractivity contribution in [1.29, 1.82) is 0 Å². The average molecular weight is 292 g/mol. The number of rotatable bonds is 3. The second-order valence-corrected chi connectivity index (χ2v) is 5.20. The van der Waals surface area contributed by atoms with Gasteiger partial charge in [-0.15, -0.1) is 22.7 Å². The van der Waals surface area contributed by atoms with E-state index in [9.17, 15) is 9.59 Å². The van der Waals surface area contributed by atoms with Gasteiger partial charge in [0.2, 0.25) is 0 Å². The molecule has 0 radical (unpaired) electrons. The Kier molecular flexibility index (Phi) is 3.39. The van der Waals surface area contributed by atoms with Crippen LogP contribution >= 0.6 is 45.9 Å². The van der Waals surface area contributed by atoms with Crippen LogP contribution in [-0.2, 0) is 0 Å². The molecule has 0 amide bonds. The Morgan fingerprint density at radius 2 is 1.88 bits per heavy atom. The number of hydrogen-bond donors (Lipinski definition) is 0. The molecular weight excluding hydrogens is 289 g/mol. The molecule has 0 atom stereocenters. The van der Waals surface area contributed by atoms with Gasteiger partial charge in [0.1, 0.15) is 5.69 Å². The molecule has 2 heterocycles. The summed E-state index contributed by atoms with van der Waals surface area (Å²) in [6.07, 6.45) is 0. The molecule has 0 aromatic carbocycles. The molecule has 82 valence electrons. The van der Waals surface area contributed by atoms with E-state index in [1.165, 1.54) is 28.2 Å². The molecular formula is C9H3Cl2NO2S2. The molecule has 7 heteroatoms. The van der Waals surface area contributed by atoms with Crippen LogP contribution in [0.5, 0.6) is 0 Å². The van der Waals surface area contributed by atoms with Crippen LogP contribution in [0.4, 0.5) is 0 Å². The third kappa shape index (κ3) is 2.04. The molecule has 0 unspecified atom stereocenters. The lowest BCUT2D eigenvalue weighted by molar-refractivity contribution is 0.107. The van der Waals surface area contributed by atoms with E-state index >= 15 is 0 Å². The second-order valence-electron chi connectivity index (χ2n) is 2.74. The number of halogens is 2. The lowest BCUT2D eigenvalue weighted by atomic mass is 10.2. The summed E-state index contributed by atoms with van der Waals surface area (Å²) in [6, 6.07) is 1.61. The summed E-state index contributed by atoms with van der Waals surface area (Å²) in [5.41, 5.74) is 2.04. The summed E-state index contributed by atoms with van der Waals surface area (Å²) in [5, 5.41) is 0.530. The minimum absolute atomic E-state index is 0.160. The van der Waals surface area contributed by atoms with Crippen molar-refractivity contribution in [2.24, 2.45) is 0 Å². The molecule has 0 spiro atoms. The van der Waals surface area contributed by atoms with Crippen LogP contribution < -0.4 is 0 Å². The fraction of sp³-hybridized carbons (Fsp3) is 0. The van der Waals surface area contributed by atoms with Gasteiger partial charge in [-0.05, 0) is 34.6 Å². The normalized spacial score (nSPS) is 10.4. The van der Waals surface area contributed by atoms with Crippen molar-refractivity contribution in [3.05, 3.63) is 28.2 Å². The van der Waals surface area contributed by atoms with Gasteiger partial charge >= 0.3 is 0 Å². The van der Waals surface area contributed by atoms with Crippen LogP contribution in [0, 0.1) is 0 Å². The highest BCUT2D eigenvalue weighted by molar-refractivity contribution is 7.21. The minimum atomic E-state index is -0.641. The standard InChI is InChI=1S/C9H3Cl2NO2S2/c10-8(13)4-1-2-15-6(4)7-5(9(11)14)12-3-16-7/h1-3H. The smallest absolute Gasteiger partial charge is 0.272 e. The van der Waals surface area contributed by atoms with Gasteiger partial charge in [0.05, 0.1) is 20.8 Å². The summed E-state index contributed by atoms with van der Waals surface area (Å²) < 4.78 is 0. The zero-order chi connectivity index (χ0) is 11.7. The van der Waals surface area contributed by atoms with Gasteiger partial charge in [-0.25, -0.2) is 4.98 Å². The van der Waals surface area contributed by atoms with E-state index < -0.39 is 10.5 Å². The van der Waals surface area contributed by atoms with E-state index in [0.29, 0.717) is 15.3 Å². The first kappa shape index (κ1) is 11.7. The third-order valence-corrected chi connectivity index (χ3v) is 4.12. The number of nitrogens with zero attached hydrogens (tertiary/aromatic N) is 1. The van der Waals surface area contributed by atoms with Crippen LogP contribution in [-0.4, -0.2) is 15.5 Å². The number of thiazole rings is 1. The first-order chi connectivity index (χ1) is 7.61. The van der Waals surface area contributed by atoms with Crippen molar-refractivity contribution in [3.63, 3.8) is 0 Å². The first-order valence-electron chi connectivity index (χ1n) is 4.02. The Morgan fingerprint density at radius 3 is 2.50 bits per heavy atom. The summed E-state index contributed by atoms with van der Waals surface area (Å²) in [5.74, 6) is 0. The zero-order valence-corrected chi connectivity index (χ0v) is 10.7. The van der Waals surface area contributed by atoms with Gasteiger partial charge in [0.25, 0.3) is 10.5 Å². The van der Waals surface area contributed by atoms with Crippen molar-refractivity contribution >= 4 is 56.4 Å². The Balaban J connectivity index is 2.59. The van der Waals surface area contributed by atoms with E-state index in [1.807, 2.05) is 0 Å². The maximum absolute atomic E-state index is 11.1. The van der Waals surface area contributed by atoms with Crippen LogP contribution in [0.25, 0.3) is 9.75 Å². The molecule has 16 heavy (non-hydrogen) atoms. The lowest BCUT2D eigenvalue weighted by Gasteiger charge is -1.97. The number of aromatic nitrogens is 1. The van der Waals surface area contributed by atoms with Gasteiger partial charge in [-0.1, -0.05) is 0 Å². The van der Waals surface area contributed by atoms with Gasteiger partial charge in [0.15, 0.2) is 0 Å². The van der Waals surface area contributed by atoms with Crippen molar-refractivity contribution < 1.29 is 9.59 Å². The third-order valence-electron chi connectivity index (χ3n) is 1.84. The first-order valence-corrected chi connectivity index (χ1v) is 6.53. The summed E-state index contributed by atoms with van der Waals surface area (Å²) in [4.78, 5) is 27.3. The monoisotopic (exact) mass is 291 g/mol. The van der Waals surface area contributed by atoms with E-state index in [-0.39, 0.29) is 5.69 Å². The van der Waals surface area contributed by atoms with E-state index in [1.54, 1.807) is 11.4 Å². The van der Waals surface area contributed by atoms with Crippen LogP contribution in [0.3, 0.4) is 0 Å². The number of hydrogen-bond acceptors (Lipinski definition) is 5. The highest BCUT2D eigenvalue weighted by Crippen LogP contribution is 2.36. The van der Waals surface area contributed by atoms with Crippen LogP contribution in [0.2, 0.25) is 0 Å². The summed E-state index contributed by atoms with van der Waals surface area (Å²) in [6.45, 7) is 0. The fourth-order valence-electron chi connectivity index (χ4n) is 1.19. The molecule has 2 aromatic rings. The van der Waals surface area contributed by atoms with Gasteiger partial charge in [0, 0.05) is 0 Å². The Bertz CT molecular complexity index is 511. The molecule has 0 aliphatic heterocycles. The highest BCUT2D eigenvalue weighted by Gasteiger charge is 2.20. The Morgan fingerprint density at radius 1 is 1.12 bits per heavy atom. The maximum Gasteiger partial charge on any atom is 0.272 e. The van der Waals surface area contributed by atoms with Gasteiger partial charge < -0.3 is 0 Å². The molecule has 0 aliphatic rings. The van der Waals surface area contributed by atoms with Crippen molar-refractivity contribution in [3.8, 4) is 9.75 Å². The molecule has 0 N–H and O–H groups in total. The molecule has 2 aromatic heterocycles. The van der Waals surface area contributed by atoms with Crippen LogP contribution in [0.1, 0.15) is 20.8 Å². The molecule has 0 bridgehead atoms. The molecule has 0 saturated carbocycles. The van der Waals surface area contributed by atoms with E-state index in [2.05, 4.69) is 4.98 Å². The largest absolute Gasteiger partial charge is 0.276 e. The maximum atomic E-state index is 11.1. The molecule has 3 nitrogen and oxygen atoms in total. The average Bonchev–Trinajstić information content (AvgIpc) is 2.85. The molecule has 0 fully saturated rings. The van der Waals surface area contributed by atoms with Gasteiger partial charge in [-0.2, -0.15) is 0 Å². The topological polar surface area (TPSA) is 47.0 Å². The SMILES string of the molecule is O=C(Cl)c1ccsc1-c1scnc1C(=O)Cl. The van der Waals surface area contributed by atoms with E-state index in [0.717, 1.165) is 0 Å². The Hall–Kier alpha value is -0.750. The highest BCUT2D eigenvalue weighted by atomic mass is 35.5. The van der Waals surface area contributed by atoms with E-state index in [4.69, 9.17) is 23.2 Å². The predicted octanol–water partition coefficient (Wildman–Crippen LogP) is 3.63. The van der Waals surface area contributed by atoms with Crippen LogP contribution in [0.15, 0.2) is 17.0 Å². The number of carbonyl (C=O) groups is 2. The second kappa shape index (κ2) is 4.63. The minimum Gasteiger partial charge on any atom is -0.276 e. The summed E-state index contributed by atoms with van der Waals surface area (Å²) >= 11 is 13.4. The molecule has 2 rings (SSSR count). The fourth-order valence-corrected chi connectivity index (χ4v) is 3.46. The Labute approximate surface area is 109 Å². The van der Waals surface area contributed by atoms with Crippen molar-refractivity contribution in [2.75, 3.05) is 0 Å². The quantitative estimate of drug-likeness (QED) is 0.812. The zero-order valence-electron chi connectivity index (χ0n) is 7.57. The lowest BCUT2D eigenvalue weighted by Crippen LogP contribution is -1.93. The van der Waals surface area contributed by atoms with Crippen molar-refractivity contribution in [2.45, 2.75) is 0 Å². The number of thiophene rings is 1. The predicted molar refractivity (Wildman–Crippen MR) is 65.8 cm³/mol. The molecule has 0 aliphatic carbocycles. The molecule has 0 saturated heterocycles.